The van der Waals surface area contributed by atoms with Crippen LogP contribution in [0.2, 0.25) is 0 Å². The van der Waals surface area contributed by atoms with Crippen molar-refractivity contribution in [3.63, 3.8) is 0 Å². The number of carbonyl (C=O) groups excluding carboxylic acids is 2. The van der Waals surface area contributed by atoms with E-state index in [-0.39, 0.29) is 48.3 Å². The van der Waals surface area contributed by atoms with E-state index < -0.39 is 0 Å². The smallest absolute Gasteiger partial charge is 0.259 e. The van der Waals surface area contributed by atoms with E-state index in [1.165, 1.54) is 6.42 Å². The second-order valence-electron chi connectivity index (χ2n) is 9.99. The molecule has 2 aromatic heterocycles. The van der Waals surface area contributed by atoms with Crippen LogP contribution in [0.25, 0.3) is 11.1 Å². The summed E-state index contributed by atoms with van der Waals surface area (Å²) in [5, 5.41) is 9.86. The van der Waals surface area contributed by atoms with Gasteiger partial charge < -0.3 is 19.6 Å². The van der Waals surface area contributed by atoms with Crippen LogP contribution in [-0.2, 0) is 4.79 Å². The Kier molecular flexibility index (Phi) is 8.00. The third-order valence-electron chi connectivity index (χ3n) is 7.32. The van der Waals surface area contributed by atoms with E-state index in [0.29, 0.717) is 18.7 Å². The summed E-state index contributed by atoms with van der Waals surface area (Å²) in [6, 6.07) is 5.16. The van der Waals surface area contributed by atoms with Crippen molar-refractivity contribution in [2.45, 2.75) is 58.1 Å². The normalized spacial score (nSPS) is 21.9. The minimum atomic E-state index is -0.359. The average Bonchev–Trinajstić information content (AvgIpc) is 2.90. The Morgan fingerprint density at radius 1 is 1.23 bits per heavy atom. The first-order valence-electron chi connectivity index (χ1n) is 12.6. The van der Waals surface area contributed by atoms with Gasteiger partial charge in [-0.1, -0.05) is 26.2 Å². The molecule has 2 aliphatic rings. The molecule has 0 saturated heterocycles. The zero-order valence-electron chi connectivity index (χ0n) is 20.9. The van der Waals surface area contributed by atoms with Crippen LogP contribution < -0.4 is 4.74 Å². The third kappa shape index (κ3) is 5.64. The van der Waals surface area contributed by atoms with Crippen LogP contribution in [0, 0.1) is 11.8 Å². The number of hydrogen-bond donors (Lipinski definition) is 1. The summed E-state index contributed by atoms with van der Waals surface area (Å²) >= 11 is 0. The van der Waals surface area contributed by atoms with Gasteiger partial charge in [0.25, 0.3) is 5.91 Å². The lowest BCUT2D eigenvalue weighted by molar-refractivity contribution is -0.136. The highest BCUT2D eigenvalue weighted by atomic mass is 16.5. The average molecular weight is 481 g/mol. The molecule has 1 N–H and O–H groups in total. The fourth-order valence-corrected chi connectivity index (χ4v) is 5.04. The highest BCUT2D eigenvalue weighted by Gasteiger charge is 2.35. The first kappa shape index (κ1) is 25.1. The molecule has 8 heteroatoms. The lowest BCUT2D eigenvalue weighted by atomic mass is 9.88. The van der Waals surface area contributed by atoms with Gasteiger partial charge in [0, 0.05) is 49.6 Å². The van der Waals surface area contributed by atoms with Crippen molar-refractivity contribution in [2.75, 3.05) is 26.7 Å². The number of fused-ring (bicyclic) bond motifs is 1. The maximum Gasteiger partial charge on any atom is 0.259 e. The number of carbonyl (C=O) groups is 2. The molecule has 1 aliphatic heterocycles. The van der Waals surface area contributed by atoms with Crippen molar-refractivity contribution in [3.05, 3.63) is 42.4 Å². The Morgan fingerprint density at radius 3 is 2.63 bits per heavy atom. The topological polar surface area (TPSA) is 95.9 Å². The zero-order valence-corrected chi connectivity index (χ0v) is 20.9. The summed E-state index contributed by atoms with van der Waals surface area (Å²) in [5.41, 5.74) is 2.04. The number of hydrogen-bond acceptors (Lipinski definition) is 6. The van der Waals surface area contributed by atoms with E-state index in [1.54, 1.807) is 34.5 Å². The lowest BCUT2D eigenvalue weighted by Crippen LogP contribution is -2.51. The van der Waals surface area contributed by atoms with Gasteiger partial charge in [-0.2, -0.15) is 0 Å². The Morgan fingerprint density at radius 2 is 1.94 bits per heavy atom. The van der Waals surface area contributed by atoms with Crippen molar-refractivity contribution in [3.8, 4) is 17.0 Å². The molecule has 0 unspecified atom stereocenters. The Hall–Kier alpha value is -3.00. The molecule has 3 atom stereocenters. The van der Waals surface area contributed by atoms with Crippen molar-refractivity contribution < 1.29 is 19.4 Å². The Bertz CT molecular complexity index is 1030. The van der Waals surface area contributed by atoms with Gasteiger partial charge in [0.05, 0.1) is 19.2 Å². The lowest BCUT2D eigenvalue weighted by Gasteiger charge is -2.38. The fraction of sp³-hybridized carbons (Fsp3) is 0.556. The van der Waals surface area contributed by atoms with Gasteiger partial charge in [-0.25, -0.2) is 4.98 Å². The van der Waals surface area contributed by atoms with Crippen molar-refractivity contribution in [1.29, 1.82) is 0 Å². The van der Waals surface area contributed by atoms with E-state index in [1.807, 2.05) is 33.0 Å². The van der Waals surface area contributed by atoms with Gasteiger partial charge in [0.1, 0.15) is 11.7 Å². The first-order valence-corrected chi connectivity index (χ1v) is 12.6. The molecule has 188 valence electrons. The van der Waals surface area contributed by atoms with Gasteiger partial charge in [-0.3, -0.25) is 14.6 Å². The standard InChI is InChI=1S/C27H36N4O4/c1-18-15-31(19(2)17-32)27(34)23-13-22(20-9-11-28-12-10-20)14-29-25(23)35-24(18)16-30(3)26(33)21-7-5-4-6-8-21/h9-14,18-19,21,24,32H,4-8,15-17H2,1-3H3/t18-,19+,24-/m1/s1. The SMILES string of the molecule is C[C@@H]1CN([C@@H](C)CO)C(=O)c2cc(-c3ccncc3)cnc2O[C@@H]1CN(C)C(=O)C1CCCCC1. The van der Waals surface area contributed by atoms with Crippen LogP contribution in [-0.4, -0.2) is 75.6 Å². The molecule has 1 aliphatic carbocycles. The summed E-state index contributed by atoms with van der Waals surface area (Å²) < 4.78 is 6.35. The number of ether oxygens (including phenoxy) is 1. The van der Waals surface area contributed by atoms with Crippen molar-refractivity contribution >= 4 is 11.8 Å². The van der Waals surface area contributed by atoms with Gasteiger partial charge >= 0.3 is 0 Å². The summed E-state index contributed by atoms with van der Waals surface area (Å²) in [4.78, 5) is 38.8. The maximum atomic E-state index is 13.6. The van der Waals surface area contributed by atoms with Gasteiger partial charge in [-0.05, 0) is 43.5 Å². The van der Waals surface area contributed by atoms with Crippen molar-refractivity contribution in [1.82, 2.24) is 19.8 Å². The number of nitrogens with zero attached hydrogens (tertiary/aromatic N) is 4. The first-order chi connectivity index (χ1) is 16.9. The number of rotatable bonds is 6. The van der Waals surface area contributed by atoms with E-state index in [9.17, 15) is 14.7 Å². The number of likely N-dealkylation sites (N-methyl/N-ethyl adjacent to an activating group) is 1. The van der Waals surface area contributed by atoms with Crippen LogP contribution >= 0.6 is 0 Å². The van der Waals surface area contributed by atoms with Gasteiger partial charge in [0.15, 0.2) is 0 Å². The number of pyridine rings is 2. The van der Waals surface area contributed by atoms with Crippen molar-refractivity contribution in [2.24, 2.45) is 11.8 Å². The third-order valence-corrected chi connectivity index (χ3v) is 7.32. The van der Waals surface area contributed by atoms with Crippen LogP contribution in [0.4, 0.5) is 0 Å². The largest absolute Gasteiger partial charge is 0.472 e. The quantitative estimate of drug-likeness (QED) is 0.681. The molecule has 1 fully saturated rings. The minimum absolute atomic E-state index is 0.0654. The number of aromatic nitrogens is 2. The fourth-order valence-electron chi connectivity index (χ4n) is 5.04. The van der Waals surface area contributed by atoms with Crippen LogP contribution in [0.5, 0.6) is 5.88 Å². The molecule has 35 heavy (non-hydrogen) atoms. The van der Waals surface area contributed by atoms with E-state index in [2.05, 4.69) is 9.97 Å². The molecule has 3 heterocycles. The highest BCUT2D eigenvalue weighted by Crippen LogP contribution is 2.31. The van der Waals surface area contributed by atoms with Gasteiger partial charge in [-0.15, -0.1) is 0 Å². The molecule has 0 aromatic carbocycles. The predicted octanol–water partition coefficient (Wildman–Crippen LogP) is 3.40. The molecule has 8 nitrogen and oxygen atoms in total. The summed E-state index contributed by atoms with van der Waals surface area (Å²) in [5.74, 6) is 0.225. The molecule has 2 amide bonds. The van der Waals surface area contributed by atoms with E-state index in [0.717, 1.165) is 36.8 Å². The molecular formula is C27H36N4O4. The Labute approximate surface area is 207 Å². The monoisotopic (exact) mass is 480 g/mol. The summed E-state index contributed by atoms with van der Waals surface area (Å²) in [7, 11) is 1.84. The molecular weight excluding hydrogens is 444 g/mol. The molecule has 1 saturated carbocycles. The van der Waals surface area contributed by atoms with Crippen LogP contribution in [0.15, 0.2) is 36.8 Å². The number of amides is 2. The van der Waals surface area contributed by atoms with Crippen LogP contribution in [0.1, 0.15) is 56.3 Å². The van der Waals surface area contributed by atoms with Crippen LogP contribution in [0.3, 0.4) is 0 Å². The second kappa shape index (κ2) is 11.2. The molecule has 2 aromatic rings. The highest BCUT2D eigenvalue weighted by molar-refractivity contribution is 5.98. The molecule has 0 radical (unpaired) electrons. The summed E-state index contributed by atoms with van der Waals surface area (Å²) in [6.45, 7) is 4.54. The predicted molar refractivity (Wildman–Crippen MR) is 133 cm³/mol. The summed E-state index contributed by atoms with van der Waals surface area (Å²) in [6.07, 6.45) is 10.1. The molecule has 0 spiro atoms. The minimum Gasteiger partial charge on any atom is -0.472 e. The van der Waals surface area contributed by atoms with E-state index in [4.69, 9.17) is 4.74 Å². The second-order valence-corrected chi connectivity index (χ2v) is 9.99. The maximum absolute atomic E-state index is 13.6. The number of aliphatic hydroxyl groups excluding tert-OH is 1. The zero-order chi connectivity index (χ0) is 24.9. The number of aliphatic hydroxyl groups is 1. The Balaban J connectivity index is 1.64. The molecule has 4 rings (SSSR count). The molecule has 0 bridgehead atoms. The van der Waals surface area contributed by atoms with E-state index >= 15 is 0 Å². The van der Waals surface area contributed by atoms with Gasteiger partial charge in [0.2, 0.25) is 11.8 Å².